The summed E-state index contributed by atoms with van der Waals surface area (Å²) in [7, 11) is 1.37. The zero-order valence-corrected chi connectivity index (χ0v) is 19.2. The van der Waals surface area contributed by atoms with Crippen molar-refractivity contribution in [2.45, 2.75) is 57.8 Å². The molecule has 174 valence electrons. The van der Waals surface area contributed by atoms with Crippen molar-refractivity contribution in [3.05, 3.63) is 47.5 Å². The van der Waals surface area contributed by atoms with E-state index in [0.29, 0.717) is 0 Å². The predicted octanol–water partition coefficient (Wildman–Crippen LogP) is 3.35. The average molecular weight is 453 g/mol. The topological polar surface area (TPSA) is 92.0 Å². The first-order valence-electron chi connectivity index (χ1n) is 11.6. The van der Waals surface area contributed by atoms with Crippen LogP contribution in [0, 0.1) is 28.6 Å². The second kappa shape index (κ2) is 6.69. The number of methoxy groups -OCH3 is 1. The highest BCUT2D eigenvalue weighted by atomic mass is 16.6. The van der Waals surface area contributed by atoms with Crippen LogP contribution < -0.4 is 0 Å². The van der Waals surface area contributed by atoms with E-state index in [9.17, 15) is 14.4 Å². The van der Waals surface area contributed by atoms with Crippen LogP contribution in [0.15, 0.2) is 46.3 Å². The molecule has 1 aromatic heterocycles. The average Bonchev–Trinajstić information content (AvgIpc) is 3.54. The monoisotopic (exact) mass is 452 g/mol. The number of ether oxygens (including phenoxy) is 3. The molecule has 0 N–H and O–H groups in total. The molecule has 7 heteroatoms. The minimum absolute atomic E-state index is 0.0632. The summed E-state index contributed by atoms with van der Waals surface area (Å²) in [5.74, 6) is -1.85. The van der Waals surface area contributed by atoms with Gasteiger partial charge in [-0.15, -0.1) is 0 Å². The first-order chi connectivity index (χ1) is 15.7. The van der Waals surface area contributed by atoms with E-state index in [1.54, 1.807) is 18.6 Å². The van der Waals surface area contributed by atoms with Crippen molar-refractivity contribution in [1.29, 1.82) is 0 Å². The highest BCUT2D eigenvalue weighted by molar-refractivity contribution is 5.99. The van der Waals surface area contributed by atoms with Gasteiger partial charge >= 0.3 is 11.9 Å². The minimum atomic E-state index is -0.949. The molecule has 2 aliphatic heterocycles. The Bertz CT molecular complexity index is 1110. The Hall–Kier alpha value is -2.67. The molecule has 7 nitrogen and oxygen atoms in total. The van der Waals surface area contributed by atoms with E-state index in [4.69, 9.17) is 18.6 Å². The lowest BCUT2D eigenvalue weighted by molar-refractivity contribution is -0.188. The molecule has 33 heavy (non-hydrogen) atoms. The van der Waals surface area contributed by atoms with Crippen molar-refractivity contribution >= 4 is 17.7 Å². The third kappa shape index (κ3) is 2.41. The van der Waals surface area contributed by atoms with Crippen LogP contribution in [0.4, 0.5) is 0 Å². The molecule has 5 aliphatic rings. The Balaban J connectivity index is 1.56. The maximum absolute atomic E-state index is 13.5. The first-order valence-corrected chi connectivity index (χ1v) is 11.6. The Morgan fingerprint density at radius 2 is 2.03 bits per heavy atom. The molecule has 0 aromatic carbocycles. The van der Waals surface area contributed by atoms with Crippen molar-refractivity contribution in [1.82, 2.24) is 0 Å². The number of carbonyl (C=O) groups excluding carboxylic acids is 3. The Kier molecular flexibility index (Phi) is 4.24. The van der Waals surface area contributed by atoms with Crippen molar-refractivity contribution < 1.29 is 33.0 Å². The van der Waals surface area contributed by atoms with Crippen LogP contribution in [-0.2, 0) is 28.6 Å². The zero-order chi connectivity index (χ0) is 23.3. The van der Waals surface area contributed by atoms with E-state index in [2.05, 4.69) is 13.8 Å². The summed E-state index contributed by atoms with van der Waals surface area (Å²) < 4.78 is 23.0. The molecule has 3 aliphatic carbocycles. The van der Waals surface area contributed by atoms with E-state index in [0.717, 1.165) is 17.6 Å². The first kappa shape index (κ1) is 20.9. The number of rotatable bonds is 3. The highest BCUT2D eigenvalue weighted by Crippen LogP contribution is 2.70. The predicted molar refractivity (Wildman–Crippen MR) is 115 cm³/mol. The molecule has 1 aromatic rings. The zero-order valence-electron chi connectivity index (χ0n) is 19.2. The molecular formula is C26H28O7. The molecule has 3 fully saturated rings. The van der Waals surface area contributed by atoms with Gasteiger partial charge in [0.15, 0.2) is 5.78 Å². The van der Waals surface area contributed by atoms with Crippen molar-refractivity contribution in [3.8, 4) is 0 Å². The highest BCUT2D eigenvalue weighted by Gasteiger charge is 2.75. The fourth-order valence-corrected chi connectivity index (χ4v) is 8.02. The fourth-order valence-electron chi connectivity index (χ4n) is 8.02. The third-order valence-corrected chi connectivity index (χ3v) is 9.44. The van der Waals surface area contributed by atoms with Crippen LogP contribution in [0.5, 0.6) is 0 Å². The van der Waals surface area contributed by atoms with Crippen molar-refractivity contribution in [2.75, 3.05) is 7.11 Å². The summed E-state index contributed by atoms with van der Waals surface area (Å²) >= 11 is 0. The van der Waals surface area contributed by atoms with E-state index < -0.39 is 34.9 Å². The van der Waals surface area contributed by atoms with Crippen LogP contribution in [-0.4, -0.2) is 43.1 Å². The fraction of sp³-hybridized carbons (Fsp3) is 0.577. The maximum Gasteiger partial charge on any atom is 0.313 e. The van der Waals surface area contributed by atoms with Crippen LogP contribution in [0.3, 0.4) is 0 Å². The van der Waals surface area contributed by atoms with E-state index >= 15 is 0 Å². The molecule has 2 saturated heterocycles. The van der Waals surface area contributed by atoms with E-state index in [1.807, 2.05) is 13.0 Å². The molecule has 0 radical (unpaired) electrons. The summed E-state index contributed by atoms with van der Waals surface area (Å²) in [5, 5.41) is 0. The maximum atomic E-state index is 13.5. The van der Waals surface area contributed by atoms with Crippen molar-refractivity contribution in [2.24, 2.45) is 28.6 Å². The van der Waals surface area contributed by atoms with Crippen LogP contribution in [0.1, 0.15) is 45.1 Å². The van der Waals surface area contributed by atoms with Gasteiger partial charge in [0, 0.05) is 22.7 Å². The summed E-state index contributed by atoms with van der Waals surface area (Å²) in [6, 6.07) is 1.97. The number of hydrogen-bond acceptors (Lipinski definition) is 7. The number of hydrogen-bond donors (Lipinski definition) is 0. The van der Waals surface area contributed by atoms with Crippen LogP contribution in [0.25, 0.3) is 0 Å². The van der Waals surface area contributed by atoms with Gasteiger partial charge in [-0.05, 0) is 42.5 Å². The quantitative estimate of drug-likeness (QED) is 0.513. The third-order valence-electron chi connectivity index (χ3n) is 9.44. The summed E-state index contributed by atoms with van der Waals surface area (Å²) in [6.45, 7) is 6.11. The standard InChI is InChI=1S/C26H28O7/c1-12-15(13-7-8-31-11-13)9-16-20(12)26(3)17(10-19(28)30-4)25(2)18(27)6-5-14-21(25)22(23(26)32-16)33-24(14)29/h5-8,11,14-17,21-23H,9-10H2,1-4H3/t14?,15-,16-,17-,21?,22-,23-,25+,26-/m1/s1. The normalized spacial score (nSPS) is 45.0. The Morgan fingerprint density at radius 3 is 2.73 bits per heavy atom. The number of esters is 2. The summed E-state index contributed by atoms with van der Waals surface area (Å²) in [5.41, 5.74) is 1.80. The lowest BCUT2D eigenvalue weighted by atomic mass is 9.44. The molecule has 3 heterocycles. The molecule has 6 rings (SSSR count). The second-order valence-electron chi connectivity index (χ2n) is 10.6. The molecule has 0 bridgehead atoms. The smallest absolute Gasteiger partial charge is 0.313 e. The van der Waals surface area contributed by atoms with Crippen LogP contribution in [0.2, 0.25) is 0 Å². The molecule has 2 unspecified atom stereocenters. The minimum Gasteiger partial charge on any atom is -0.472 e. The molecule has 0 amide bonds. The molecular weight excluding hydrogens is 424 g/mol. The molecule has 9 atom stereocenters. The van der Waals surface area contributed by atoms with Gasteiger partial charge in [0.25, 0.3) is 0 Å². The summed E-state index contributed by atoms with van der Waals surface area (Å²) in [6.07, 6.45) is 6.34. The lowest BCUT2D eigenvalue weighted by Gasteiger charge is -2.57. The number of furan rings is 1. The number of fused-ring (bicyclic) bond motifs is 4. The van der Waals surface area contributed by atoms with Gasteiger partial charge in [-0.25, -0.2) is 0 Å². The van der Waals surface area contributed by atoms with E-state index in [-0.39, 0.29) is 42.1 Å². The van der Waals surface area contributed by atoms with Gasteiger partial charge in [-0.1, -0.05) is 25.5 Å². The number of allylic oxidation sites excluding steroid dienone is 2. The number of ketones is 1. The lowest BCUT2D eigenvalue weighted by Crippen LogP contribution is -2.64. The Morgan fingerprint density at radius 1 is 1.24 bits per heavy atom. The van der Waals surface area contributed by atoms with Crippen LogP contribution >= 0.6 is 0 Å². The van der Waals surface area contributed by atoms with Gasteiger partial charge in [-0.2, -0.15) is 0 Å². The molecule has 0 spiro atoms. The summed E-state index contributed by atoms with van der Waals surface area (Å²) in [4.78, 5) is 39.1. The van der Waals surface area contributed by atoms with E-state index in [1.165, 1.54) is 18.8 Å². The number of carbonyl (C=O) groups is 3. The van der Waals surface area contributed by atoms with Crippen molar-refractivity contribution in [3.63, 3.8) is 0 Å². The SMILES string of the molecule is COC(=O)C[C@H]1[C@]2(C)C3=C(C)[C@H](c4ccoc4)C[C@H]3O[C@@H]2[C@@H]2OC(=O)C3C=CC(=O)[C@@]1(C)C32. The van der Waals surface area contributed by atoms with Gasteiger partial charge < -0.3 is 18.6 Å². The van der Waals surface area contributed by atoms with Gasteiger partial charge in [0.05, 0.1) is 38.1 Å². The second-order valence-corrected chi connectivity index (χ2v) is 10.6. The molecule has 1 saturated carbocycles. The van der Waals surface area contributed by atoms with Gasteiger partial charge in [0.2, 0.25) is 0 Å². The van der Waals surface area contributed by atoms with Gasteiger partial charge in [-0.3, -0.25) is 14.4 Å². The largest absolute Gasteiger partial charge is 0.472 e. The van der Waals surface area contributed by atoms with Gasteiger partial charge in [0.1, 0.15) is 12.2 Å². The Labute approximate surface area is 192 Å².